The Morgan fingerprint density at radius 3 is 2.88 bits per heavy atom. The summed E-state index contributed by atoms with van der Waals surface area (Å²) in [5.74, 6) is -0.220. The van der Waals surface area contributed by atoms with Crippen molar-refractivity contribution in [2.24, 2.45) is 0 Å². The van der Waals surface area contributed by atoms with Crippen LogP contribution in [0, 0.1) is 0 Å². The van der Waals surface area contributed by atoms with Gasteiger partial charge in [0.15, 0.2) is 6.10 Å². The number of unbranched alkanes of at least 4 members (excludes halogenated alkanes) is 4. The number of nitrogens with one attached hydrogen (secondary N) is 1. The lowest BCUT2D eigenvalue weighted by molar-refractivity contribution is -0.158. The maximum absolute atomic E-state index is 11.5. The van der Waals surface area contributed by atoms with E-state index in [9.17, 15) is 4.79 Å². The molecule has 1 aliphatic heterocycles. The fourth-order valence-corrected chi connectivity index (χ4v) is 1.69. The molecule has 16 heavy (non-hydrogen) atoms. The first-order chi connectivity index (χ1) is 7.84. The normalized spacial score (nSPS) is 20.7. The molecule has 1 rings (SSSR count). The zero-order chi connectivity index (χ0) is 11.6. The van der Waals surface area contributed by atoms with Gasteiger partial charge in [0.25, 0.3) is 0 Å². The zero-order valence-corrected chi connectivity index (χ0v) is 10.2. The van der Waals surface area contributed by atoms with E-state index in [4.69, 9.17) is 9.47 Å². The van der Waals surface area contributed by atoms with E-state index in [0.29, 0.717) is 19.8 Å². The van der Waals surface area contributed by atoms with Crippen LogP contribution in [0.15, 0.2) is 0 Å². The summed E-state index contributed by atoms with van der Waals surface area (Å²) < 4.78 is 10.5. The molecule has 0 saturated carbocycles. The number of esters is 1. The topological polar surface area (TPSA) is 47.6 Å². The van der Waals surface area contributed by atoms with E-state index in [1.165, 1.54) is 19.3 Å². The molecule has 0 aliphatic carbocycles. The molecule has 94 valence electrons. The van der Waals surface area contributed by atoms with Gasteiger partial charge in [-0.2, -0.15) is 0 Å². The van der Waals surface area contributed by atoms with Gasteiger partial charge < -0.3 is 14.8 Å². The Balaban J connectivity index is 1.97. The van der Waals surface area contributed by atoms with E-state index >= 15 is 0 Å². The molecule has 0 aromatic carbocycles. The van der Waals surface area contributed by atoms with Crippen molar-refractivity contribution in [3.05, 3.63) is 0 Å². The monoisotopic (exact) mass is 229 g/mol. The van der Waals surface area contributed by atoms with Crippen molar-refractivity contribution in [2.45, 2.75) is 45.1 Å². The second kappa shape index (κ2) is 8.53. The van der Waals surface area contributed by atoms with Crippen LogP contribution >= 0.6 is 0 Å². The van der Waals surface area contributed by atoms with Crippen LogP contribution in [0.1, 0.15) is 39.0 Å². The van der Waals surface area contributed by atoms with Crippen molar-refractivity contribution >= 4 is 5.97 Å². The minimum atomic E-state index is -0.399. The highest BCUT2D eigenvalue weighted by atomic mass is 16.6. The van der Waals surface area contributed by atoms with Crippen molar-refractivity contribution in [3.63, 3.8) is 0 Å². The average Bonchev–Trinajstić information content (AvgIpc) is 2.34. The van der Waals surface area contributed by atoms with E-state index in [1.54, 1.807) is 0 Å². The molecule has 1 heterocycles. The van der Waals surface area contributed by atoms with E-state index in [1.807, 2.05) is 0 Å². The van der Waals surface area contributed by atoms with Gasteiger partial charge in [-0.15, -0.1) is 0 Å². The maximum atomic E-state index is 11.5. The lowest BCUT2D eigenvalue weighted by Gasteiger charge is -2.21. The summed E-state index contributed by atoms with van der Waals surface area (Å²) in [6, 6.07) is 0. The van der Waals surface area contributed by atoms with E-state index in [2.05, 4.69) is 12.2 Å². The summed E-state index contributed by atoms with van der Waals surface area (Å²) >= 11 is 0. The van der Waals surface area contributed by atoms with Gasteiger partial charge in [0, 0.05) is 13.1 Å². The smallest absolute Gasteiger partial charge is 0.336 e. The van der Waals surface area contributed by atoms with Crippen LogP contribution in [0.3, 0.4) is 0 Å². The number of hydrogen-bond acceptors (Lipinski definition) is 4. The molecule has 1 saturated heterocycles. The zero-order valence-electron chi connectivity index (χ0n) is 10.2. The second-order valence-corrected chi connectivity index (χ2v) is 4.15. The number of ether oxygens (including phenoxy) is 2. The van der Waals surface area contributed by atoms with Gasteiger partial charge in [0.05, 0.1) is 13.2 Å². The fourth-order valence-electron chi connectivity index (χ4n) is 1.69. The second-order valence-electron chi connectivity index (χ2n) is 4.15. The number of morpholine rings is 1. The number of carbonyl (C=O) groups is 1. The molecular weight excluding hydrogens is 206 g/mol. The Hall–Kier alpha value is -0.610. The lowest BCUT2D eigenvalue weighted by atomic mass is 10.2. The van der Waals surface area contributed by atoms with Crippen LogP contribution in [0.4, 0.5) is 0 Å². The molecule has 0 amide bonds. The first-order valence-electron chi connectivity index (χ1n) is 6.33. The molecule has 1 atom stereocenters. The van der Waals surface area contributed by atoms with Crippen LogP contribution in [0.25, 0.3) is 0 Å². The Kier molecular flexibility index (Phi) is 7.17. The average molecular weight is 229 g/mol. The van der Waals surface area contributed by atoms with Crippen molar-refractivity contribution in [1.82, 2.24) is 5.32 Å². The predicted octanol–water partition coefficient (Wildman–Crippen LogP) is 1.49. The minimum Gasteiger partial charge on any atom is -0.464 e. The number of carbonyl (C=O) groups excluding carboxylic acids is 1. The van der Waals surface area contributed by atoms with Crippen LogP contribution in [-0.2, 0) is 14.3 Å². The van der Waals surface area contributed by atoms with Crippen LogP contribution < -0.4 is 5.32 Å². The SMILES string of the molecule is CCCCCCCOC(=O)C1CNCCO1. The number of hydrogen-bond donors (Lipinski definition) is 1. The number of rotatable bonds is 7. The molecule has 1 fully saturated rings. The van der Waals surface area contributed by atoms with Gasteiger partial charge >= 0.3 is 5.97 Å². The minimum absolute atomic E-state index is 0.220. The lowest BCUT2D eigenvalue weighted by Crippen LogP contribution is -2.43. The highest BCUT2D eigenvalue weighted by Gasteiger charge is 2.22. The standard InChI is InChI=1S/C12H23NO3/c1-2-3-4-5-6-8-16-12(14)11-10-13-7-9-15-11/h11,13H,2-10H2,1H3. The van der Waals surface area contributed by atoms with E-state index in [-0.39, 0.29) is 5.97 Å². The molecule has 0 bridgehead atoms. The predicted molar refractivity (Wildman–Crippen MR) is 62.3 cm³/mol. The molecule has 4 heteroatoms. The van der Waals surface area contributed by atoms with Gasteiger partial charge in [-0.1, -0.05) is 32.6 Å². The highest BCUT2D eigenvalue weighted by molar-refractivity contribution is 5.75. The van der Waals surface area contributed by atoms with Crippen LogP contribution in [0.5, 0.6) is 0 Å². The van der Waals surface area contributed by atoms with Crippen molar-refractivity contribution in [2.75, 3.05) is 26.3 Å². The molecule has 0 spiro atoms. The molecule has 1 aliphatic rings. The molecular formula is C12H23NO3. The van der Waals surface area contributed by atoms with Gasteiger partial charge in [-0.25, -0.2) is 4.79 Å². The molecule has 4 nitrogen and oxygen atoms in total. The summed E-state index contributed by atoms with van der Waals surface area (Å²) in [4.78, 5) is 11.5. The van der Waals surface area contributed by atoms with Crippen molar-refractivity contribution in [3.8, 4) is 0 Å². The highest BCUT2D eigenvalue weighted by Crippen LogP contribution is 2.04. The van der Waals surface area contributed by atoms with Gasteiger partial charge in [-0.05, 0) is 6.42 Å². The summed E-state index contributed by atoms with van der Waals surface area (Å²) in [5.41, 5.74) is 0. The first kappa shape index (κ1) is 13.5. The largest absolute Gasteiger partial charge is 0.464 e. The quantitative estimate of drug-likeness (QED) is 0.531. The molecule has 1 unspecified atom stereocenters. The summed E-state index contributed by atoms with van der Waals surface area (Å²) in [7, 11) is 0. The van der Waals surface area contributed by atoms with Crippen LogP contribution in [0.2, 0.25) is 0 Å². The Morgan fingerprint density at radius 2 is 2.19 bits per heavy atom. The van der Waals surface area contributed by atoms with E-state index in [0.717, 1.165) is 19.4 Å². The van der Waals surface area contributed by atoms with Gasteiger partial charge in [0.1, 0.15) is 0 Å². The third-order valence-corrected chi connectivity index (χ3v) is 2.68. The molecule has 0 radical (unpaired) electrons. The summed E-state index contributed by atoms with van der Waals surface area (Å²) in [5, 5.41) is 3.11. The van der Waals surface area contributed by atoms with Crippen molar-refractivity contribution < 1.29 is 14.3 Å². The third kappa shape index (κ3) is 5.47. The van der Waals surface area contributed by atoms with E-state index < -0.39 is 6.10 Å². The molecule has 0 aromatic heterocycles. The Morgan fingerprint density at radius 1 is 1.38 bits per heavy atom. The van der Waals surface area contributed by atoms with Gasteiger partial charge in [-0.3, -0.25) is 0 Å². The molecule has 0 aromatic rings. The third-order valence-electron chi connectivity index (χ3n) is 2.68. The Labute approximate surface area is 97.7 Å². The van der Waals surface area contributed by atoms with Gasteiger partial charge in [0.2, 0.25) is 0 Å². The molecule has 1 N–H and O–H groups in total. The van der Waals surface area contributed by atoms with Crippen molar-refractivity contribution in [1.29, 1.82) is 0 Å². The maximum Gasteiger partial charge on any atom is 0.336 e. The Bertz CT molecular complexity index is 191. The summed E-state index contributed by atoms with van der Waals surface area (Å²) in [6.45, 7) is 4.71. The van der Waals surface area contributed by atoms with Crippen LogP contribution in [-0.4, -0.2) is 38.4 Å². The summed E-state index contributed by atoms with van der Waals surface area (Å²) in [6.07, 6.45) is 5.45. The fraction of sp³-hybridized carbons (Fsp3) is 0.917. The first-order valence-corrected chi connectivity index (χ1v) is 6.33.